The lowest BCUT2D eigenvalue weighted by Crippen LogP contribution is -2.37. The zero-order valence-electron chi connectivity index (χ0n) is 11.9. The zero-order chi connectivity index (χ0) is 15.1. The number of hydrogen-bond acceptors (Lipinski definition) is 4. The summed E-state index contributed by atoms with van der Waals surface area (Å²) in [4.78, 5) is 11.8. The van der Waals surface area contributed by atoms with E-state index in [2.05, 4.69) is 0 Å². The number of nitrogens with two attached hydrogens (primary N) is 1. The van der Waals surface area contributed by atoms with Crippen molar-refractivity contribution in [3.8, 4) is 5.75 Å². The molecule has 0 spiro atoms. The first kappa shape index (κ1) is 14.9. The molecule has 0 bridgehead atoms. The van der Waals surface area contributed by atoms with Crippen molar-refractivity contribution in [1.82, 2.24) is 5.01 Å². The molecular weight excluding hydrogens is 268 g/mol. The highest BCUT2D eigenvalue weighted by atomic mass is 16.6. The molecule has 0 unspecified atom stereocenters. The lowest BCUT2D eigenvalue weighted by atomic mass is 10.2. The molecule has 0 aliphatic carbocycles. The van der Waals surface area contributed by atoms with Gasteiger partial charge < -0.3 is 9.47 Å². The fraction of sp³-hybridized carbons (Fsp3) is 0.188. The summed E-state index contributed by atoms with van der Waals surface area (Å²) in [6.45, 7) is 0.480. The van der Waals surface area contributed by atoms with Gasteiger partial charge >= 0.3 is 6.09 Å². The van der Waals surface area contributed by atoms with E-state index in [1.54, 1.807) is 7.11 Å². The standard InChI is InChI=1S/C16H18N2O3/c1-20-15-9-7-13(8-10-15)11-18(17)16(19)21-12-14-5-3-2-4-6-14/h2-10H,11-12,17H2,1H3. The Labute approximate surface area is 123 Å². The number of carbonyl (C=O) groups excluding carboxylic acids is 1. The van der Waals surface area contributed by atoms with E-state index in [4.69, 9.17) is 15.3 Å². The van der Waals surface area contributed by atoms with E-state index in [9.17, 15) is 4.79 Å². The van der Waals surface area contributed by atoms with Crippen molar-refractivity contribution in [2.45, 2.75) is 13.2 Å². The van der Waals surface area contributed by atoms with Crippen molar-refractivity contribution < 1.29 is 14.3 Å². The Balaban J connectivity index is 1.84. The van der Waals surface area contributed by atoms with Gasteiger partial charge in [0.1, 0.15) is 12.4 Å². The monoisotopic (exact) mass is 286 g/mol. The van der Waals surface area contributed by atoms with Gasteiger partial charge in [0.25, 0.3) is 0 Å². The molecule has 1 amide bonds. The van der Waals surface area contributed by atoms with Crippen molar-refractivity contribution in [2.24, 2.45) is 5.84 Å². The van der Waals surface area contributed by atoms with Crippen LogP contribution in [-0.2, 0) is 17.9 Å². The maximum absolute atomic E-state index is 11.8. The van der Waals surface area contributed by atoms with Crippen molar-refractivity contribution in [3.63, 3.8) is 0 Å². The molecule has 0 aromatic heterocycles. The minimum atomic E-state index is -0.560. The summed E-state index contributed by atoms with van der Waals surface area (Å²) in [5.74, 6) is 6.47. The number of methoxy groups -OCH3 is 1. The number of hydrazine groups is 1. The average molecular weight is 286 g/mol. The van der Waals surface area contributed by atoms with E-state index in [0.29, 0.717) is 0 Å². The number of nitrogens with zero attached hydrogens (tertiary/aromatic N) is 1. The van der Waals surface area contributed by atoms with Crippen LogP contribution in [0.1, 0.15) is 11.1 Å². The summed E-state index contributed by atoms with van der Waals surface area (Å²) in [7, 11) is 1.60. The van der Waals surface area contributed by atoms with Crippen LogP contribution in [0.3, 0.4) is 0 Å². The Kier molecular flexibility index (Phi) is 5.17. The SMILES string of the molecule is COc1ccc(CN(N)C(=O)OCc2ccccc2)cc1. The summed E-state index contributed by atoms with van der Waals surface area (Å²) in [5.41, 5.74) is 1.82. The van der Waals surface area contributed by atoms with E-state index in [0.717, 1.165) is 21.9 Å². The minimum Gasteiger partial charge on any atom is -0.497 e. The van der Waals surface area contributed by atoms with Crippen LogP contribution >= 0.6 is 0 Å². The van der Waals surface area contributed by atoms with Crippen LogP contribution in [0.4, 0.5) is 4.79 Å². The van der Waals surface area contributed by atoms with Gasteiger partial charge in [-0.05, 0) is 23.3 Å². The highest BCUT2D eigenvalue weighted by molar-refractivity contribution is 5.66. The van der Waals surface area contributed by atoms with Gasteiger partial charge in [-0.3, -0.25) is 0 Å². The summed E-state index contributed by atoms with van der Waals surface area (Å²) >= 11 is 0. The topological polar surface area (TPSA) is 64.8 Å². The second kappa shape index (κ2) is 7.31. The summed E-state index contributed by atoms with van der Waals surface area (Å²) in [6.07, 6.45) is -0.560. The Morgan fingerprint density at radius 1 is 1.05 bits per heavy atom. The highest BCUT2D eigenvalue weighted by Crippen LogP contribution is 2.12. The fourth-order valence-electron chi connectivity index (χ4n) is 1.79. The van der Waals surface area contributed by atoms with Crippen LogP contribution in [0.25, 0.3) is 0 Å². The Hall–Kier alpha value is -2.53. The van der Waals surface area contributed by atoms with Crippen molar-refractivity contribution >= 4 is 6.09 Å². The normalized spacial score (nSPS) is 10.0. The molecule has 21 heavy (non-hydrogen) atoms. The first-order chi connectivity index (χ1) is 10.2. The van der Waals surface area contributed by atoms with Crippen molar-refractivity contribution in [1.29, 1.82) is 0 Å². The summed E-state index contributed by atoms with van der Waals surface area (Å²) in [6, 6.07) is 16.8. The van der Waals surface area contributed by atoms with Crippen LogP contribution in [0.15, 0.2) is 54.6 Å². The summed E-state index contributed by atoms with van der Waals surface area (Å²) < 4.78 is 10.2. The molecule has 2 aromatic rings. The number of benzene rings is 2. The molecule has 0 fully saturated rings. The first-order valence-corrected chi connectivity index (χ1v) is 6.55. The van der Waals surface area contributed by atoms with E-state index < -0.39 is 6.09 Å². The largest absolute Gasteiger partial charge is 0.497 e. The molecule has 0 heterocycles. The third kappa shape index (κ3) is 4.50. The van der Waals surface area contributed by atoms with Crippen molar-refractivity contribution in [2.75, 3.05) is 7.11 Å². The molecule has 2 N–H and O–H groups in total. The molecule has 110 valence electrons. The smallest absolute Gasteiger partial charge is 0.424 e. The Bertz CT molecular complexity index is 570. The number of hydrogen-bond donors (Lipinski definition) is 1. The molecule has 5 heteroatoms. The van der Waals surface area contributed by atoms with E-state index in [1.165, 1.54) is 0 Å². The highest BCUT2D eigenvalue weighted by Gasteiger charge is 2.11. The third-order valence-electron chi connectivity index (χ3n) is 2.95. The van der Waals surface area contributed by atoms with Crippen LogP contribution in [0.5, 0.6) is 5.75 Å². The van der Waals surface area contributed by atoms with Crippen LogP contribution in [-0.4, -0.2) is 18.2 Å². The van der Waals surface area contributed by atoms with Crippen LogP contribution in [0.2, 0.25) is 0 Å². The molecule has 0 radical (unpaired) electrons. The van der Waals surface area contributed by atoms with Gasteiger partial charge in [-0.2, -0.15) is 0 Å². The Morgan fingerprint density at radius 2 is 1.71 bits per heavy atom. The first-order valence-electron chi connectivity index (χ1n) is 6.55. The fourth-order valence-corrected chi connectivity index (χ4v) is 1.79. The van der Waals surface area contributed by atoms with E-state index in [1.807, 2.05) is 54.6 Å². The maximum atomic E-state index is 11.8. The minimum absolute atomic E-state index is 0.204. The van der Waals surface area contributed by atoms with Crippen LogP contribution < -0.4 is 10.6 Å². The second-order valence-electron chi connectivity index (χ2n) is 4.52. The van der Waals surface area contributed by atoms with Crippen molar-refractivity contribution in [3.05, 3.63) is 65.7 Å². The van der Waals surface area contributed by atoms with Gasteiger partial charge in [0.2, 0.25) is 0 Å². The van der Waals surface area contributed by atoms with Gasteiger partial charge in [-0.1, -0.05) is 42.5 Å². The van der Waals surface area contributed by atoms with Gasteiger partial charge in [0.15, 0.2) is 0 Å². The van der Waals surface area contributed by atoms with Gasteiger partial charge in [0.05, 0.1) is 13.7 Å². The van der Waals surface area contributed by atoms with Gasteiger partial charge in [-0.15, -0.1) is 0 Å². The lowest BCUT2D eigenvalue weighted by molar-refractivity contribution is 0.0938. The third-order valence-corrected chi connectivity index (χ3v) is 2.95. The number of ether oxygens (including phenoxy) is 2. The number of carbonyl (C=O) groups is 1. The van der Waals surface area contributed by atoms with Gasteiger partial charge in [0, 0.05) is 0 Å². The molecule has 5 nitrogen and oxygen atoms in total. The van der Waals surface area contributed by atoms with Gasteiger partial charge in [-0.25, -0.2) is 15.6 Å². The molecule has 2 aromatic carbocycles. The predicted octanol–water partition coefficient (Wildman–Crippen LogP) is 2.71. The lowest BCUT2D eigenvalue weighted by Gasteiger charge is -2.16. The molecule has 0 saturated carbocycles. The number of amides is 1. The molecular formula is C16H18N2O3. The predicted molar refractivity (Wildman–Crippen MR) is 79.4 cm³/mol. The average Bonchev–Trinajstić information content (AvgIpc) is 2.54. The maximum Gasteiger partial charge on any atom is 0.424 e. The van der Waals surface area contributed by atoms with Crippen LogP contribution in [0, 0.1) is 0 Å². The number of rotatable bonds is 5. The second-order valence-corrected chi connectivity index (χ2v) is 4.52. The molecule has 0 atom stereocenters. The Morgan fingerprint density at radius 3 is 2.33 bits per heavy atom. The molecule has 0 saturated heterocycles. The zero-order valence-corrected chi connectivity index (χ0v) is 11.9. The molecule has 2 rings (SSSR count). The van der Waals surface area contributed by atoms with E-state index >= 15 is 0 Å². The van der Waals surface area contributed by atoms with E-state index in [-0.39, 0.29) is 13.2 Å². The molecule has 0 aliphatic rings. The quantitative estimate of drug-likeness (QED) is 0.521. The molecule has 0 aliphatic heterocycles. The summed E-state index contributed by atoms with van der Waals surface area (Å²) in [5, 5.41) is 1.05.